The van der Waals surface area contributed by atoms with Crippen molar-refractivity contribution in [3.63, 3.8) is 0 Å². The Hall–Kier alpha value is -4.13. The van der Waals surface area contributed by atoms with Crippen molar-refractivity contribution in [3.05, 3.63) is 71.8 Å². The van der Waals surface area contributed by atoms with Crippen LogP contribution in [0.3, 0.4) is 0 Å². The Balaban J connectivity index is 1.66. The normalized spacial score (nSPS) is 15.0. The highest BCUT2D eigenvalue weighted by Gasteiger charge is 2.37. The van der Waals surface area contributed by atoms with Gasteiger partial charge in [0.25, 0.3) is 0 Å². The zero-order valence-corrected chi connectivity index (χ0v) is 20.5. The minimum absolute atomic E-state index is 0.212. The first-order chi connectivity index (χ1) is 16.8. The summed E-state index contributed by atoms with van der Waals surface area (Å²) in [6, 6.07) is 17.7. The average Bonchev–Trinajstić information content (AvgIpc) is 3.23. The summed E-state index contributed by atoms with van der Waals surface area (Å²) in [4.78, 5) is 13.9. The number of para-hydroxylation sites is 2. The van der Waals surface area contributed by atoms with Crippen LogP contribution < -0.4 is 24.4 Å². The van der Waals surface area contributed by atoms with Crippen molar-refractivity contribution in [2.45, 2.75) is 25.9 Å². The van der Waals surface area contributed by atoms with E-state index in [1.165, 1.54) is 18.2 Å². The Morgan fingerprint density at radius 3 is 2.43 bits per heavy atom. The molecule has 7 heteroatoms. The highest BCUT2D eigenvalue weighted by atomic mass is 16.7. The summed E-state index contributed by atoms with van der Waals surface area (Å²) in [7, 11) is 4.58. The van der Waals surface area contributed by atoms with Crippen molar-refractivity contribution in [1.82, 2.24) is 0 Å². The lowest BCUT2D eigenvalue weighted by Crippen LogP contribution is -2.33. The molecule has 2 heterocycles. The smallest absolute Gasteiger partial charge is 0.496 e. The molecule has 2 aliphatic rings. The second kappa shape index (κ2) is 8.58. The van der Waals surface area contributed by atoms with E-state index in [9.17, 15) is 4.79 Å². The van der Waals surface area contributed by atoms with Crippen LogP contribution in [0.5, 0.6) is 17.2 Å². The van der Waals surface area contributed by atoms with Crippen LogP contribution >= 0.6 is 0 Å². The van der Waals surface area contributed by atoms with Crippen LogP contribution in [0.15, 0.2) is 60.7 Å². The van der Waals surface area contributed by atoms with E-state index in [4.69, 9.17) is 14.2 Å². The Kier molecular flexibility index (Phi) is 5.55. The standard InChI is InChI=1S/C28H28N2O5/c1-28(2)15-23-26-20(16-30(23)22-8-6-7-9-24(22)32-3)18(12-13-21(26)29-28)19-11-10-17(14-25(19)33-4)35-27(31)34-5/h6-15,29H,16H2,1-5H3. The fourth-order valence-electron chi connectivity index (χ4n) is 4.88. The van der Waals surface area contributed by atoms with Gasteiger partial charge in [0, 0.05) is 35.1 Å². The number of hydrogen-bond acceptors (Lipinski definition) is 7. The molecule has 5 rings (SSSR count). The summed E-state index contributed by atoms with van der Waals surface area (Å²) in [6.07, 6.45) is 1.50. The van der Waals surface area contributed by atoms with E-state index in [2.05, 4.69) is 53.1 Å². The molecule has 3 aromatic carbocycles. The molecule has 1 N–H and O–H groups in total. The van der Waals surface area contributed by atoms with E-state index in [1.54, 1.807) is 26.4 Å². The van der Waals surface area contributed by atoms with Crippen molar-refractivity contribution in [2.75, 3.05) is 31.5 Å². The molecule has 7 nitrogen and oxygen atoms in total. The lowest BCUT2D eigenvalue weighted by atomic mass is 9.89. The Morgan fingerprint density at radius 1 is 0.943 bits per heavy atom. The zero-order chi connectivity index (χ0) is 24.7. The van der Waals surface area contributed by atoms with Gasteiger partial charge in [-0.1, -0.05) is 18.2 Å². The van der Waals surface area contributed by atoms with E-state index in [1.807, 2.05) is 24.3 Å². The van der Waals surface area contributed by atoms with Gasteiger partial charge in [0.15, 0.2) is 0 Å². The van der Waals surface area contributed by atoms with Crippen LogP contribution in [0.25, 0.3) is 16.8 Å². The van der Waals surface area contributed by atoms with Crippen molar-refractivity contribution in [3.8, 4) is 28.4 Å². The lowest BCUT2D eigenvalue weighted by molar-refractivity contribution is 0.121. The van der Waals surface area contributed by atoms with Gasteiger partial charge in [-0.2, -0.15) is 0 Å². The molecule has 0 saturated heterocycles. The maximum atomic E-state index is 11.6. The molecule has 3 aromatic rings. The van der Waals surface area contributed by atoms with E-state index in [0.29, 0.717) is 18.0 Å². The number of rotatable bonds is 5. The summed E-state index contributed by atoms with van der Waals surface area (Å²) in [5.41, 5.74) is 7.36. The number of nitrogens with zero attached hydrogens (tertiary/aromatic N) is 1. The third-order valence-corrected chi connectivity index (χ3v) is 6.34. The highest BCUT2D eigenvalue weighted by Crippen LogP contribution is 2.51. The van der Waals surface area contributed by atoms with Gasteiger partial charge in [-0.15, -0.1) is 0 Å². The van der Waals surface area contributed by atoms with Gasteiger partial charge in [0.05, 0.1) is 32.6 Å². The molecule has 0 amide bonds. The Labute approximate surface area is 204 Å². The van der Waals surface area contributed by atoms with Gasteiger partial charge >= 0.3 is 6.16 Å². The largest absolute Gasteiger partial charge is 0.513 e. The van der Waals surface area contributed by atoms with Crippen LogP contribution in [0.4, 0.5) is 16.2 Å². The SMILES string of the molecule is COC(=O)Oc1ccc(-c2ccc3c4c2CN(c2ccccc2OC)C4=CC(C)(C)N3)c(OC)c1. The monoisotopic (exact) mass is 472 g/mol. The zero-order valence-electron chi connectivity index (χ0n) is 20.5. The minimum Gasteiger partial charge on any atom is -0.496 e. The quantitative estimate of drug-likeness (QED) is 0.356. The van der Waals surface area contributed by atoms with Gasteiger partial charge < -0.3 is 29.2 Å². The van der Waals surface area contributed by atoms with E-state index in [-0.39, 0.29) is 5.54 Å². The molecule has 0 aromatic heterocycles. The Bertz CT molecular complexity index is 1350. The number of carbonyl (C=O) groups is 1. The second-order valence-corrected chi connectivity index (χ2v) is 9.07. The third-order valence-electron chi connectivity index (χ3n) is 6.34. The summed E-state index contributed by atoms with van der Waals surface area (Å²) < 4.78 is 21.2. The summed E-state index contributed by atoms with van der Waals surface area (Å²) >= 11 is 0. The fraction of sp³-hybridized carbons (Fsp3) is 0.250. The first-order valence-electron chi connectivity index (χ1n) is 11.4. The van der Waals surface area contributed by atoms with Crippen molar-refractivity contribution < 1.29 is 23.7 Å². The van der Waals surface area contributed by atoms with Crippen LogP contribution in [-0.2, 0) is 11.3 Å². The predicted octanol–water partition coefficient (Wildman–Crippen LogP) is 6.08. The molecule has 0 atom stereocenters. The maximum absolute atomic E-state index is 11.6. The summed E-state index contributed by atoms with van der Waals surface area (Å²) in [5.74, 6) is 1.78. The van der Waals surface area contributed by atoms with Crippen LogP contribution in [-0.4, -0.2) is 33.0 Å². The molecule has 0 spiro atoms. The fourth-order valence-corrected chi connectivity index (χ4v) is 4.88. The van der Waals surface area contributed by atoms with Gasteiger partial charge in [-0.05, 0) is 61.4 Å². The van der Waals surface area contributed by atoms with Gasteiger partial charge in [-0.3, -0.25) is 0 Å². The van der Waals surface area contributed by atoms with Crippen molar-refractivity contribution >= 4 is 23.2 Å². The number of hydrogen-bond donors (Lipinski definition) is 1. The molecule has 0 aliphatic carbocycles. The molecule has 0 radical (unpaired) electrons. The Morgan fingerprint density at radius 2 is 1.69 bits per heavy atom. The molecule has 0 bridgehead atoms. The molecule has 180 valence electrons. The van der Waals surface area contributed by atoms with Crippen molar-refractivity contribution in [1.29, 1.82) is 0 Å². The number of anilines is 2. The average molecular weight is 473 g/mol. The molecule has 0 saturated carbocycles. The predicted molar refractivity (Wildman–Crippen MR) is 136 cm³/mol. The first-order valence-corrected chi connectivity index (χ1v) is 11.4. The third kappa shape index (κ3) is 3.93. The molecular weight excluding hydrogens is 444 g/mol. The number of carbonyl (C=O) groups excluding carboxylic acids is 1. The number of ether oxygens (including phenoxy) is 4. The lowest BCUT2D eigenvalue weighted by Gasteiger charge is -2.33. The van der Waals surface area contributed by atoms with Crippen molar-refractivity contribution in [2.24, 2.45) is 0 Å². The molecule has 0 fully saturated rings. The minimum atomic E-state index is -0.775. The number of methoxy groups -OCH3 is 3. The maximum Gasteiger partial charge on any atom is 0.513 e. The number of nitrogens with one attached hydrogen (secondary N) is 1. The highest BCUT2D eigenvalue weighted by molar-refractivity contribution is 5.98. The van der Waals surface area contributed by atoms with Crippen LogP contribution in [0, 0.1) is 0 Å². The van der Waals surface area contributed by atoms with Gasteiger partial charge in [0.1, 0.15) is 17.2 Å². The van der Waals surface area contributed by atoms with E-state index in [0.717, 1.165) is 33.9 Å². The molecule has 2 aliphatic heterocycles. The van der Waals surface area contributed by atoms with Crippen LogP contribution in [0.1, 0.15) is 25.0 Å². The topological polar surface area (TPSA) is 69.3 Å². The van der Waals surface area contributed by atoms with Crippen LogP contribution in [0.2, 0.25) is 0 Å². The summed E-state index contributed by atoms with van der Waals surface area (Å²) in [6.45, 7) is 5.00. The first kappa shape index (κ1) is 22.7. The molecular formula is C28H28N2O5. The molecule has 35 heavy (non-hydrogen) atoms. The van der Waals surface area contributed by atoms with E-state index < -0.39 is 6.16 Å². The van der Waals surface area contributed by atoms with Gasteiger partial charge in [0.2, 0.25) is 0 Å². The van der Waals surface area contributed by atoms with E-state index >= 15 is 0 Å². The van der Waals surface area contributed by atoms with Gasteiger partial charge in [-0.25, -0.2) is 4.79 Å². The summed E-state index contributed by atoms with van der Waals surface area (Å²) in [5, 5.41) is 3.66. The second-order valence-electron chi connectivity index (χ2n) is 9.07. The molecule has 0 unspecified atom stereocenters. The number of benzene rings is 3.